The van der Waals surface area contributed by atoms with Crippen LogP contribution in [0.25, 0.3) is 0 Å². The zero-order valence-corrected chi connectivity index (χ0v) is 28.7. The minimum atomic E-state index is -4.86. The highest BCUT2D eigenvalue weighted by Crippen LogP contribution is 2.13. The lowest BCUT2D eigenvalue weighted by atomic mass is 9.98. The molecule has 45 heavy (non-hydrogen) atoms. The third-order valence-corrected chi connectivity index (χ3v) is 7.51. The van der Waals surface area contributed by atoms with Crippen LogP contribution in [0.5, 0.6) is 0 Å². The second-order valence-corrected chi connectivity index (χ2v) is 14.7. The van der Waals surface area contributed by atoms with E-state index in [0.717, 1.165) is 5.56 Å². The summed E-state index contributed by atoms with van der Waals surface area (Å²) in [4.78, 5) is 52.8. The summed E-state index contributed by atoms with van der Waals surface area (Å²) in [6.45, 7) is 14.9. The maximum absolute atomic E-state index is 13.6. The molecule has 11 nitrogen and oxygen atoms in total. The summed E-state index contributed by atoms with van der Waals surface area (Å²) in [6, 6.07) is 5.05. The molecular weight excluding hydrogens is 603 g/mol. The van der Waals surface area contributed by atoms with E-state index in [0.29, 0.717) is 0 Å². The van der Waals surface area contributed by atoms with Gasteiger partial charge >= 0.3 is 16.3 Å². The van der Waals surface area contributed by atoms with Crippen molar-refractivity contribution in [3.05, 3.63) is 35.9 Å². The maximum atomic E-state index is 13.6. The van der Waals surface area contributed by atoms with E-state index in [-0.39, 0.29) is 56.0 Å². The van der Waals surface area contributed by atoms with Crippen LogP contribution in [0.4, 0.5) is 8.68 Å². The van der Waals surface area contributed by atoms with Gasteiger partial charge in [-0.2, -0.15) is 8.42 Å². The molecule has 1 rings (SSSR count). The number of carbonyl (C=O) groups is 4. The number of alkyl carbamates (subject to hydrolysis) is 1. The molecule has 256 valence electrons. The lowest BCUT2D eigenvalue weighted by molar-refractivity contribution is -0.133. The summed E-state index contributed by atoms with van der Waals surface area (Å²) >= 11 is 0. The Morgan fingerprint density at radius 3 is 1.44 bits per heavy atom. The van der Waals surface area contributed by atoms with Gasteiger partial charge in [-0.3, -0.25) is 14.4 Å². The van der Waals surface area contributed by atoms with Crippen LogP contribution in [-0.2, 0) is 36.0 Å². The Morgan fingerprint density at radius 1 is 0.644 bits per heavy atom. The standard InChI is InChI=1S/C32H53FN4O7S/c1-20(2)14-25(19-45(33,42)43)34-29(38)26(15-21(3)4)35-30(39)27(16-22(5)6)36-31(40)28(17-23(7)8)37-32(41)44-18-24-12-10-9-11-13-24/h9-13,20-23,25-28H,14-19H2,1-8H3,(H,34,38)(H,35,39)(H,36,40)(H,37,41)/t25-,26-,27-,28-/m0/s1. The van der Waals surface area contributed by atoms with E-state index in [4.69, 9.17) is 4.74 Å². The van der Waals surface area contributed by atoms with Crippen molar-refractivity contribution in [2.24, 2.45) is 23.7 Å². The smallest absolute Gasteiger partial charge is 0.408 e. The van der Waals surface area contributed by atoms with Crippen molar-refractivity contribution in [1.82, 2.24) is 21.3 Å². The molecule has 0 radical (unpaired) electrons. The van der Waals surface area contributed by atoms with Crippen molar-refractivity contribution in [1.29, 1.82) is 0 Å². The summed E-state index contributed by atoms with van der Waals surface area (Å²) in [6.07, 6.45) is 0.207. The third kappa shape index (κ3) is 17.8. The van der Waals surface area contributed by atoms with Crippen molar-refractivity contribution in [2.75, 3.05) is 5.75 Å². The van der Waals surface area contributed by atoms with Crippen molar-refractivity contribution in [3.63, 3.8) is 0 Å². The van der Waals surface area contributed by atoms with Gasteiger partial charge in [0.2, 0.25) is 17.7 Å². The molecule has 1 aromatic carbocycles. The number of benzene rings is 1. The molecule has 0 aromatic heterocycles. The van der Waals surface area contributed by atoms with Gasteiger partial charge in [0.05, 0.1) is 0 Å². The molecule has 0 fully saturated rings. The Labute approximate surface area is 268 Å². The zero-order valence-electron chi connectivity index (χ0n) is 27.9. The van der Waals surface area contributed by atoms with Crippen LogP contribution in [0.3, 0.4) is 0 Å². The minimum absolute atomic E-state index is 0.0176. The van der Waals surface area contributed by atoms with Crippen molar-refractivity contribution in [3.8, 4) is 0 Å². The van der Waals surface area contributed by atoms with Gasteiger partial charge in [0.1, 0.15) is 30.5 Å². The molecule has 0 heterocycles. The van der Waals surface area contributed by atoms with Gasteiger partial charge in [0, 0.05) is 6.04 Å². The molecule has 4 atom stereocenters. The maximum Gasteiger partial charge on any atom is 0.408 e. The molecular formula is C32H53FN4O7S. The molecule has 0 saturated heterocycles. The Balaban J connectivity index is 3.08. The monoisotopic (exact) mass is 656 g/mol. The number of ether oxygens (including phenoxy) is 1. The number of hydrogen-bond donors (Lipinski definition) is 4. The second-order valence-electron chi connectivity index (χ2n) is 13.3. The molecule has 0 bridgehead atoms. The number of nitrogens with one attached hydrogen (secondary N) is 4. The molecule has 0 spiro atoms. The molecule has 0 aliphatic heterocycles. The Kier molecular flexibility index (Phi) is 17.1. The quantitative estimate of drug-likeness (QED) is 0.162. The molecule has 0 unspecified atom stereocenters. The van der Waals surface area contributed by atoms with E-state index in [1.165, 1.54) is 0 Å². The first-order valence-corrected chi connectivity index (χ1v) is 17.2. The number of rotatable bonds is 19. The number of amides is 4. The predicted octanol–water partition coefficient (Wildman–Crippen LogP) is 4.22. The second kappa shape index (κ2) is 19.3. The summed E-state index contributed by atoms with van der Waals surface area (Å²) in [5.74, 6) is -2.74. The molecule has 13 heteroatoms. The first-order chi connectivity index (χ1) is 20.9. The van der Waals surface area contributed by atoms with E-state index in [1.807, 2.05) is 73.6 Å². The van der Waals surface area contributed by atoms with Crippen LogP contribution in [0.2, 0.25) is 0 Å². The average Bonchev–Trinajstić information content (AvgIpc) is 2.89. The molecule has 1 aromatic rings. The summed E-state index contributed by atoms with van der Waals surface area (Å²) in [7, 11) is -4.86. The molecule has 0 aliphatic rings. The van der Waals surface area contributed by atoms with E-state index < -0.39 is 64.0 Å². The van der Waals surface area contributed by atoms with Crippen LogP contribution in [0.15, 0.2) is 30.3 Å². The zero-order chi connectivity index (χ0) is 34.3. The topological polar surface area (TPSA) is 160 Å². The van der Waals surface area contributed by atoms with Crippen LogP contribution in [0, 0.1) is 23.7 Å². The van der Waals surface area contributed by atoms with Gasteiger partial charge in [-0.25, -0.2) is 4.79 Å². The largest absolute Gasteiger partial charge is 0.445 e. The van der Waals surface area contributed by atoms with Crippen LogP contribution in [0.1, 0.15) is 86.6 Å². The molecule has 4 N–H and O–H groups in total. The van der Waals surface area contributed by atoms with E-state index in [1.54, 1.807) is 12.1 Å². The van der Waals surface area contributed by atoms with E-state index in [2.05, 4.69) is 21.3 Å². The fourth-order valence-electron chi connectivity index (χ4n) is 4.84. The minimum Gasteiger partial charge on any atom is -0.445 e. The Hall–Kier alpha value is -3.22. The SMILES string of the molecule is CC(C)C[C@@H](CS(=O)(=O)F)NC(=O)[C@H](CC(C)C)NC(=O)[C@H](CC(C)C)NC(=O)[C@H](CC(C)C)NC(=O)OCc1ccccc1. The van der Waals surface area contributed by atoms with Gasteiger partial charge in [-0.1, -0.05) is 85.7 Å². The highest BCUT2D eigenvalue weighted by molar-refractivity contribution is 7.86. The average molecular weight is 657 g/mol. The summed E-state index contributed by atoms with van der Waals surface area (Å²) < 4.78 is 41.5. The van der Waals surface area contributed by atoms with E-state index >= 15 is 0 Å². The van der Waals surface area contributed by atoms with Crippen LogP contribution in [-0.4, -0.2) is 62.2 Å². The van der Waals surface area contributed by atoms with E-state index in [9.17, 15) is 31.5 Å². The van der Waals surface area contributed by atoms with Gasteiger partial charge in [0.15, 0.2) is 0 Å². The number of carbonyl (C=O) groups excluding carboxylic acids is 4. The summed E-state index contributed by atoms with van der Waals surface area (Å²) in [5.41, 5.74) is 0.785. The van der Waals surface area contributed by atoms with Crippen LogP contribution < -0.4 is 21.3 Å². The van der Waals surface area contributed by atoms with Gasteiger partial charge < -0.3 is 26.0 Å². The van der Waals surface area contributed by atoms with Gasteiger partial charge in [0.25, 0.3) is 0 Å². The number of halogens is 1. The first kappa shape index (κ1) is 39.8. The fourth-order valence-corrected chi connectivity index (χ4v) is 5.54. The van der Waals surface area contributed by atoms with Crippen molar-refractivity contribution >= 4 is 34.0 Å². The predicted molar refractivity (Wildman–Crippen MR) is 172 cm³/mol. The Bertz CT molecular complexity index is 1190. The molecule has 0 aliphatic carbocycles. The number of hydrogen-bond acceptors (Lipinski definition) is 7. The van der Waals surface area contributed by atoms with Crippen molar-refractivity contribution < 1.29 is 36.2 Å². The lowest BCUT2D eigenvalue weighted by Gasteiger charge is -2.28. The van der Waals surface area contributed by atoms with Crippen molar-refractivity contribution in [2.45, 2.75) is 112 Å². The van der Waals surface area contributed by atoms with Gasteiger partial charge in [-0.05, 0) is 54.9 Å². The highest BCUT2D eigenvalue weighted by Gasteiger charge is 2.32. The first-order valence-electron chi connectivity index (χ1n) is 15.7. The lowest BCUT2D eigenvalue weighted by Crippen LogP contribution is -2.58. The molecule has 4 amide bonds. The van der Waals surface area contributed by atoms with Crippen LogP contribution >= 0.6 is 0 Å². The van der Waals surface area contributed by atoms with Gasteiger partial charge in [-0.15, -0.1) is 3.89 Å². The summed E-state index contributed by atoms with van der Waals surface area (Å²) in [5, 5.41) is 10.7. The Morgan fingerprint density at radius 2 is 1.04 bits per heavy atom. The third-order valence-electron chi connectivity index (χ3n) is 6.71. The normalized spacial score (nSPS) is 14.5. The molecule has 0 saturated carbocycles. The highest BCUT2D eigenvalue weighted by atomic mass is 32.3. The fraction of sp³-hybridized carbons (Fsp3) is 0.688.